The maximum Gasteiger partial charge on any atom is 0.334 e. The van der Waals surface area contributed by atoms with Gasteiger partial charge in [-0.25, -0.2) is 4.79 Å². The minimum absolute atomic E-state index is 0.321. The van der Waals surface area contributed by atoms with Gasteiger partial charge in [-0.05, 0) is 32.4 Å². The molecule has 0 radical (unpaired) electrons. The lowest BCUT2D eigenvalue weighted by Gasteiger charge is -2.06. The van der Waals surface area contributed by atoms with Crippen LogP contribution in [-0.2, 0) is 16.1 Å². The number of esters is 1. The quantitative estimate of drug-likeness (QED) is 0.625. The first kappa shape index (κ1) is 13.9. The molecule has 0 bridgehead atoms. The summed E-state index contributed by atoms with van der Waals surface area (Å²) in [7, 11) is 0. The maximum atomic E-state index is 11.3. The summed E-state index contributed by atoms with van der Waals surface area (Å²) in [6.45, 7) is 11.3. The molecule has 0 atom stereocenters. The number of hydrogen-bond donors (Lipinski definition) is 1. The molecule has 0 saturated carbocycles. The molecule has 1 aromatic heterocycles. The molecule has 0 amide bonds. The first-order chi connectivity index (χ1) is 8.04. The van der Waals surface area contributed by atoms with Gasteiger partial charge in [0.15, 0.2) is 0 Å². The number of hydrogen-bond acceptors (Lipinski definition) is 4. The first-order valence-electron chi connectivity index (χ1n) is 5.66. The molecule has 3 nitrogen and oxygen atoms in total. The molecule has 0 unspecified atom stereocenters. The fourth-order valence-electron chi connectivity index (χ4n) is 1.38. The van der Waals surface area contributed by atoms with Crippen LogP contribution >= 0.6 is 11.3 Å². The Morgan fingerprint density at radius 3 is 2.76 bits per heavy atom. The van der Waals surface area contributed by atoms with Gasteiger partial charge >= 0.3 is 5.97 Å². The number of carbonyl (C=O) groups excluding carboxylic acids is 1. The molecule has 1 rings (SSSR count). The van der Waals surface area contributed by atoms with Crippen molar-refractivity contribution in [3.8, 4) is 0 Å². The van der Waals surface area contributed by atoms with E-state index < -0.39 is 0 Å². The third kappa shape index (κ3) is 4.32. The Bertz CT molecular complexity index is 390. The lowest BCUT2D eigenvalue weighted by molar-refractivity contribution is -0.138. The van der Waals surface area contributed by atoms with Crippen LogP contribution in [-0.4, -0.2) is 19.1 Å². The summed E-state index contributed by atoms with van der Waals surface area (Å²) >= 11 is 1.78. The van der Waals surface area contributed by atoms with Crippen LogP contribution in [0.3, 0.4) is 0 Å². The summed E-state index contributed by atoms with van der Waals surface area (Å²) in [6.07, 6.45) is 0. The molecule has 0 spiro atoms. The Kier molecular flexibility index (Phi) is 5.38. The molecule has 0 aliphatic carbocycles. The monoisotopic (exact) mass is 253 g/mol. The zero-order chi connectivity index (χ0) is 12.8. The van der Waals surface area contributed by atoms with E-state index >= 15 is 0 Å². The molecule has 0 aromatic carbocycles. The largest absolute Gasteiger partial charge is 0.463 e. The van der Waals surface area contributed by atoms with Gasteiger partial charge in [-0.1, -0.05) is 6.58 Å². The fourth-order valence-corrected chi connectivity index (χ4v) is 2.40. The van der Waals surface area contributed by atoms with Crippen molar-refractivity contribution in [1.29, 1.82) is 0 Å². The number of nitrogens with one attached hydrogen (secondary N) is 1. The smallest absolute Gasteiger partial charge is 0.334 e. The van der Waals surface area contributed by atoms with Crippen LogP contribution in [0.15, 0.2) is 18.2 Å². The molecule has 0 aliphatic heterocycles. The van der Waals surface area contributed by atoms with Gasteiger partial charge in [0.25, 0.3) is 0 Å². The summed E-state index contributed by atoms with van der Waals surface area (Å²) in [5, 5.41) is 3.19. The van der Waals surface area contributed by atoms with Crippen molar-refractivity contribution in [1.82, 2.24) is 5.32 Å². The van der Waals surface area contributed by atoms with E-state index in [1.165, 1.54) is 15.3 Å². The van der Waals surface area contributed by atoms with Gasteiger partial charge in [0.05, 0.1) is 6.61 Å². The molecular formula is C13H19NO2S. The summed E-state index contributed by atoms with van der Waals surface area (Å²) in [5.74, 6) is -0.321. The molecule has 94 valence electrons. The second kappa shape index (κ2) is 6.57. The zero-order valence-corrected chi connectivity index (χ0v) is 11.4. The van der Waals surface area contributed by atoms with Gasteiger partial charge in [0.2, 0.25) is 0 Å². The van der Waals surface area contributed by atoms with Crippen LogP contribution in [0.25, 0.3) is 0 Å². The molecule has 17 heavy (non-hydrogen) atoms. The highest BCUT2D eigenvalue weighted by molar-refractivity contribution is 7.12. The van der Waals surface area contributed by atoms with Crippen LogP contribution < -0.4 is 5.32 Å². The summed E-state index contributed by atoms with van der Waals surface area (Å²) < 4.78 is 4.85. The molecule has 0 aliphatic rings. The molecule has 1 aromatic rings. The van der Waals surface area contributed by atoms with Crippen LogP contribution in [0.2, 0.25) is 0 Å². The van der Waals surface area contributed by atoms with E-state index in [4.69, 9.17) is 4.74 Å². The van der Waals surface area contributed by atoms with Crippen molar-refractivity contribution in [3.63, 3.8) is 0 Å². The SMILES string of the molecule is C=C(CNCc1cc(C)c(C)s1)C(=O)OCC. The minimum atomic E-state index is -0.321. The van der Waals surface area contributed by atoms with Gasteiger partial charge in [-0.3, -0.25) is 0 Å². The van der Waals surface area contributed by atoms with Crippen LogP contribution in [0.4, 0.5) is 0 Å². The first-order valence-corrected chi connectivity index (χ1v) is 6.47. The number of rotatable bonds is 6. The second-order valence-electron chi connectivity index (χ2n) is 3.88. The average Bonchev–Trinajstić information content (AvgIpc) is 2.58. The van der Waals surface area contributed by atoms with Gasteiger partial charge in [0.1, 0.15) is 0 Å². The Hall–Kier alpha value is -1.13. The summed E-state index contributed by atoms with van der Waals surface area (Å²) in [6, 6.07) is 2.17. The highest BCUT2D eigenvalue weighted by Crippen LogP contribution is 2.20. The van der Waals surface area contributed by atoms with E-state index in [1.54, 1.807) is 18.3 Å². The number of carbonyl (C=O) groups is 1. The van der Waals surface area contributed by atoms with Gasteiger partial charge in [0, 0.05) is 28.4 Å². The van der Waals surface area contributed by atoms with Crippen molar-refractivity contribution in [2.75, 3.05) is 13.2 Å². The van der Waals surface area contributed by atoms with Crippen molar-refractivity contribution in [2.24, 2.45) is 0 Å². The molecule has 0 fully saturated rings. The van der Waals surface area contributed by atoms with E-state index in [0.717, 1.165) is 6.54 Å². The normalized spacial score (nSPS) is 10.3. The minimum Gasteiger partial charge on any atom is -0.463 e. The Morgan fingerprint density at radius 1 is 1.53 bits per heavy atom. The number of thiophene rings is 1. The molecule has 0 saturated heterocycles. The van der Waals surface area contributed by atoms with Crippen molar-refractivity contribution >= 4 is 17.3 Å². The Balaban J connectivity index is 2.33. The fraction of sp³-hybridized carbons (Fsp3) is 0.462. The van der Waals surface area contributed by atoms with E-state index in [1.807, 2.05) is 0 Å². The highest BCUT2D eigenvalue weighted by atomic mass is 32.1. The average molecular weight is 253 g/mol. The van der Waals surface area contributed by atoms with Crippen LogP contribution in [0.5, 0.6) is 0 Å². The molecular weight excluding hydrogens is 234 g/mol. The van der Waals surface area contributed by atoms with Crippen LogP contribution in [0, 0.1) is 13.8 Å². The van der Waals surface area contributed by atoms with E-state index in [-0.39, 0.29) is 5.97 Å². The number of ether oxygens (including phenoxy) is 1. The van der Waals surface area contributed by atoms with E-state index in [0.29, 0.717) is 18.7 Å². The summed E-state index contributed by atoms with van der Waals surface area (Å²) in [5.41, 5.74) is 1.79. The predicted molar refractivity (Wildman–Crippen MR) is 71.3 cm³/mol. The topological polar surface area (TPSA) is 38.3 Å². The zero-order valence-electron chi connectivity index (χ0n) is 10.6. The molecule has 1 heterocycles. The lowest BCUT2D eigenvalue weighted by atomic mass is 10.3. The van der Waals surface area contributed by atoms with Crippen molar-refractivity contribution in [3.05, 3.63) is 33.5 Å². The van der Waals surface area contributed by atoms with Crippen molar-refractivity contribution in [2.45, 2.75) is 27.3 Å². The lowest BCUT2D eigenvalue weighted by Crippen LogP contribution is -2.21. The van der Waals surface area contributed by atoms with Gasteiger partial charge in [-0.2, -0.15) is 0 Å². The van der Waals surface area contributed by atoms with Crippen molar-refractivity contribution < 1.29 is 9.53 Å². The van der Waals surface area contributed by atoms with E-state index in [9.17, 15) is 4.79 Å². The van der Waals surface area contributed by atoms with Gasteiger partial charge < -0.3 is 10.1 Å². The van der Waals surface area contributed by atoms with Gasteiger partial charge in [-0.15, -0.1) is 11.3 Å². The maximum absolute atomic E-state index is 11.3. The Labute approximate surface area is 106 Å². The highest BCUT2D eigenvalue weighted by Gasteiger charge is 2.07. The van der Waals surface area contributed by atoms with E-state index in [2.05, 4.69) is 31.8 Å². The molecule has 4 heteroatoms. The molecule has 1 N–H and O–H groups in total. The number of aryl methyl sites for hydroxylation is 2. The third-order valence-electron chi connectivity index (χ3n) is 2.42. The van der Waals surface area contributed by atoms with Crippen LogP contribution in [0.1, 0.15) is 22.2 Å². The Morgan fingerprint density at radius 2 is 2.24 bits per heavy atom. The third-order valence-corrected chi connectivity index (χ3v) is 3.57. The predicted octanol–water partition coefficient (Wildman–Crippen LogP) is 2.57. The standard InChI is InChI=1S/C13H19NO2S/c1-5-16-13(15)10(3)7-14-8-12-6-9(2)11(4)17-12/h6,14H,3,5,7-8H2,1-2,4H3. The summed E-state index contributed by atoms with van der Waals surface area (Å²) in [4.78, 5) is 13.9. The second-order valence-corrected chi connectivity index (χ2v) is 5.22.